The fraction of sp³-hybridized carbons (Fsp3) is 0.548. The van der Waals surface area contributed by atoms with E-state index in [1.165, 1.54) is 6.07 Å². The lowest BCUT2D eigenvalue weighted by molar-refractivity contribution is -0.184. The molecule has 1 fully saturated rings. The minimum atomic E-state index is -4.20. The van der Waals surface area contributed by atoms with E-state index in [4.69, 9.17) is 45.9 Å². The second kappa shape index (κ2) is 16.4. The van der Waals surface area contributed by atoms with Crippen molar-refractivity contribution in [3.63, 3.8) is 0 Å². The third-order valence-corrected chi connectivity index (χ3v) is 8.72. The molecule has 16 heteroatoms. The van der Waals surface area contributed by atoms with Crippen LogP contribution in [0.5, 0.6) is 5.88 Å². The highest BCUT2D eigenvalue weighted by molar-refractivity contribution is 7.80. The summed E-state index contributed by atoms with van der Waals surface area (Å²) in [6.45, 7) is 4.42. The molecule has 8 nitrogen and oxygen atoms in total. The average molecular weight is 727 g/mol. The van der Waals surface area contributed by atoms with Gasteiger partial charge >= 0.3 is 6.18 Å². The van der Waals surface area contributed by atoms with E-state index in [1.54, 1.807) is 32.9 Å². The van der Waals surface area contributed by atoms with Crippen LogP contribution in [0.3, 0.4) is 0 Å². The number of carbonyl (C=O) groups excluding carboxylic acids is 2. The van der Waals surface area contributed by atoms with Gasteiger partial charge in [-0.3, -0.25) is 9.59 Å². The van der Waals surface area contributed by atoms with E-state index in [-0.39, 0.29) is 81.4 Å². The van der Waals surface area contributed by atoms with Gasteiger partial charge in [-0.15, -0.1) is 0 Å². The summed E-state index contributed by atoms with van der Waals surface area (Å²) >= 11 is 18.4. The Kier molecular flexibility index (Phi) is 13.4. The van der Waals surface area contributed by atoms with Gasteiger partial charge in [0.25, 0.3) is 6.43 Å². The first kappa shape index (κ1) is 38.5. The predicted octanol–water partition coefficient (Wildman–Crippen LogP) is 8.81. The van der Waals surface area contributed by atoms with E-state index >= 15 is 0 Å². The molecule has 3 rings (SSSR count). The lowest BCUT2D eigenvalue weighted by Gasteiger charge is -2.29. The number of Topliss-reactive ketones (excluding diaryl/α,β-unsaturated/α-hetero) is 1. The van der Waals surface area contributed by atoms with Crippen LogP contribution in [0.25, 0.3) is 0 Å². The fourth-order valence-electron chi connectivity index (χ4n) is 5.08. The molecule has 1 aliphatic carbocycles. The van der Waals surface area contributed by atoms with Gasteiger partial charge in [0.15, 0.2) is 23.3 Å². The Morgan fingerprint density at radius 1 is 1.11 bits per heavy atom. The largest absolute Gasteiger partial charge is 0.471 e. The highest BCUT2D eigenvalue weighted by Crippen LogP contribution is 2.41. The van der Waals surface area contributed by atoms with Crippen molar-refractivity contribution in [3.8, 4) is 5.88 Å². The standard InChI is InChI=1S/C31H38Cl2F5N5O3S/c1-30(2,3)28(45)40-14-17-9-12-20(32)25(24(17)33)42-29(47)41-21-13-19(27(43-26(21)39)46-15-23(34)35)22(44)6-4-5-16-7-10-18(11-8-16)31(36,37)38/h9,12-13,16,18,23H,4-8,10-11,14-15H2,1-3H3,(H2,39,43)(H,40,45)(H2,41,42,47). The number of hydrogen-bond donors (Lipinski definition) is 4. The number of halogens is 7. The van der Waals surface area contributed by atoms with Gasteiger partial charge in [-0.1, -0.05) is 56.5 Å². The zero-order chi connectivity index (χ0) is 35.1. The van der Waals surface area contributed by atoms with Crippen molar-refractivity contribution in [2.45, 2.75) is 84.9 Å². The summed E-state index contributed by atoms with van der Waals surface area (Å²) in [5.74, 6) is -2.46. The number of rotatable bonds is 12. The van der Waals surface area contributed by atoms with Crippen LogP contribution in [0, 0.1) is 17.3 Å². The van der Waals surface area contributed by atoms with Crippen LogP contribution in [0.15, 0.2) is 18.2 Å². The number of hydrogen-bond acceptors (Lipinski definition) is 6. The van der Waals surface area contributed by atoms with Crippen LogP contribution >= 0.6 is 35.4 Å². The molecule has 1 aromatic carbocycles. The maximum Gasteiger partial charge on any atom is 0.391 e. The lowest BCUT2D eigenvalue weighted by atomic mass is 9.79. The van der Waals surface area contributed by atoms with Crippen molar-refractivity contribution in [3.05, 3.63) is 39.4 Å². The molecule has 0 aliphatic heterocycles. The summed E-state index contributed by atoms with van der Waals surface area (Å²) in [6, 6.07) is 4.51. The molecule has 2 aromatic rings. The molecule has 1 saturated carbocycles. The third-order valence-electron chi connectivity index (χ3n) is 7.77. The molecular formula is C31H38Cl2F5N5O3S. The highest BCUT2D eigenvalue weighted by Gasteiger charge is 2.41. The molecule has 1 heterocycles. The number of anilines is 3. The number of nitrogens with zero attached hydrogens (tertiary/aromatic N) is 1. The Balaban J connectivity index is 1.71. The molecule has 0 radical (unpaired) electrons. The number of ketones is 1. The summed E-state index contributed by atoms with van der Waals surface area (Å²) in [4.78, 5) is 29.6. The van der Waals surface area contributed by atoms with Crippen LogP contribution in [-0.4, -0.2) is 41.0 Å². The van der Waals surface area contributed by atoms with Gasteiger partial charge in [-0.05, 0) is 67.9 Å². The van der Waals surface area contributed by atoms with Crippen LogP contribution in [0.1, 0.15) is 81.6 Å². The molecule has 5 N–H and O–H groups in total. The highest BCUT2D eigenvalue weighted by atomic mass is 35.5. The zero-order valence-corrected chi connectivity index (χ0v) is 28.5. The molecule has 0 spiro atoms. The minimum Gasteiger partial charge on any atom is -0.471 e. The Morgan fingerprint density at radius 2 is 1.77 bits per heavy atom. The Morgan fingerprint density at radius 3 is 2.36 bits per heavy atom. The second-order valence-electron chi connectivity index (χ2n) is 12.5. The van der Waals surface area contributed by atoms with Crippen molar-refractivity contribution in [2.75, 3.05) is 23.0 Å². The monoisotopic (exact) mass is 725 g/mol. The quantitative estimate of drug-likeness (QED) is 0.0974. The third kappa shape index (κ3) is 11.3. The zero-order valence-electron chi connectivity index (χ0n) is 26.1. The van der Waals surface area contributed by atoms with E-state index in [0.29, 0.717) is 31.2 Å². The van der Waals surface area contributed by atoms with Crippen LogP contribution in [0.2, 0.25) is 10.0 Å². The van der Waals surface area contributed by atoms with Crippen molar-refractivity contribution in [2.24, 2.45) is 17.3 Å². The van der Waals surface area contributed by atoms with Gasteiger partial charge in [-0.25, -0.2) is 8.78 Å². The molecule has 1 aromatic heterocycles. The number of nitrogens with one attached hydrogen (secondary N) is 3. The lowest BCUT2D eigenvalue weighted by Crippen LogP contribution is -2.34. The van der Waals surface area contributed by atoms with Crippen LogP contribution in [-0.2, 0) is 11.3 Å². The Hall–Kier alpha value is -2.97. The number of amides is 1. The maximum absolute atomic E-state index is 13.2. The number of nitrogens with two attached hydrogens (primary N) is 1. The summed E-state index contributed by atoms with van der Waals surface area (Å²) < 4.78 is 69.9. The van der Waals surface area contributed by atoms with Gasteiger partial charge in [0.05, 0.1) is 32.9 Å². The first-order chi connectivity index (χ1) is 21.9. The maximum atomic E-state index is 13.2. The van der Waals surface area contributed by atoms with Gasteiger partial charge < -0.3 is 26.4 Å². The number of alkyl halides is 5. The Bertz CT molecular complexity index is 1450. The first-order valence-corrected chi connectivity index (χ1v) is 16.2. The molecule has 1 aliphatic rings. The SMILES string of the molecule is CC(C)(C)C(=O)NCc1ccc(Cl)c(NC(=S)Nc2cc(C(=O)CCCC3CCC(C(F)(F)F)CC3)c(OCC(F)F)nc2N)c1Cl. The Labute approximate surface area is 285 Å². The summed E-state index contributed by atoms with van der Waals surface area (Å²) in [6.07, 6.45) is -5.15. The van der Waals surface area contributed by atoms with E-state index in [9.17, 15) is 31.5 Å². The van der Waals surface area contributed by atoms with Crippen molar-refractivity contribution in [1.82, 2.24) is 10.3 Å². The second-order valence-corrected chi connectivity index (χ2v) is 13.7. The van der Waals surface area contributed by atoms with Crippen molar-refractivity contribution >= 4 is 69.4 Å². The molecule has 1 amide bonds. The average Bonchev–Trinajstić information content (AvgIpc) is 2.98. The van der Waals surface area contributed by atoms with Gasteiger partial charge in [-0.2, -0.15) is 18.2 Å². The van der Waals surface area contributed by atoms with Gasteiger partial charge in [0, 0.05) is 18.4 Å². The molecule has 47 heavy (non-hydrogen) atoms. The predicted molar refractivity (Wildman–Crippen MR) is 177 cm³/mol. The minimum absolute atomic E-state index is 0.0122. The number of ether oxygens (including phenoxy) is 1. The van der Waals surface area contributed by atoms with Crippen molar-refractivity contribution < 1.29 is 36.3 Å². The number of thiocarbonyl (C=S) groups is 1. The normalized spacial score (nSPS) is 16.9. The summed E-state index contributed by atoms with van der Waals surface area (Å²) in [7, 11) is 0. The number of aromatic nitrogens is 1. The van der Waals surface area contributed by atoms with Crippen molar-refractivity contribution in [1.29, 1.82) is 0 Å². The molecular weight excluding hydrogens is 688 g/mol. The first-order valence-electron chi connectivity index (χ1n) is 15.0. The summed E-state index contributed by atoms with van der Waals surface area (Å²) in [5, 5.41) is 8.86. The van der Waals surface area contributed by atoms with Gasteiger partial charge in [0.2, 0.25) is 11.8 Å². The number of benzene rings is 1. The molecule has 0 unspecified atom stereocenters. The molecule has 0 saturated heterocycles. The van der Waals surface area contributed by atoms with E-state index in [1.807, 2.05) is 0 Å². The van der Waals surface area contributed by atoms with Crippen LogP contribution in [0.4, 0.5) is 39.1 Å². The van der Waals surface area contributed by atoms with E-state index in [2.05, 4.69) is 20.9 Å². The van der Waals surface area contributed by atoms with E-state index in [0.717, 1.165) is 0 Å². The molecule has 260 valence electrons. The smallest absolute Gasteiger partial charge is 0.391 e. The van der Waals surface area contributed by atoms with E-state index < -0.39 is 36.3 Å². The molecule has 0 atom stereocenters. The van der Waals surface area contributed by atoms with Gasteiger partial charge in [0.1, 0.15) is 0 Å². The molecule has 0 bridgehead atoms. The number of carbonyl (C=O) groups is 2. The summed E-state index contributed by atoms with van der Waals surface area (Å²) in [5.41, 5.74) is 6.19. The number of nitrogen functional groups attached to an aromatic ring is 1. The van der Waals surface area contributed by atoms with Crippen LogP contribution < -0.4 is 26.4 Å². The number of pyridine rings is 1. The fourth-order valence-corrected chi connectivity index (χ4v) is 5.82. The topological polar surface area (TPSA) is 118 Å².